The van der Waals surface area contributed by atoms with Crippen LogP contribution in [0.5, 0.6) is 0 Å². The Labute approximate surface area is 295 Å². The molecule has 0 N–H and O–H groups in total. The Hall–Kier alpha value is -6.18. The Kier molecular flexibility index (Phi) is 3.93. The monoisotopic (exact) mass is 622 g/mol. The van der Waals surface area contributed by atoms with E-state index in [9.17, 15) is 0 Å². The molecule has 1 heterocycles. The molecule has 1 heteroatoms. The predicted octanol–water partition coefficient (Wildman–Crippen LogP) is 13.1. The summed E-state index contributed by atoms with van der Waals surface area (Å²) in [6.45, 7) is 0. The fraction of sp³-hybridized carbons (Fsp3) is 0.0213. The molecule has 0 unspecified atom stereocenters. The molecule has 0 radical (unpaired) electrons. The van der Waals surface area contributed by atoms with Crippen LogP contribution >= 0.6 is 0 Å². The smallest absolute Gasteiger partial charge is 0.143 e. The molecule has 10 aromatic rings. The summed E-state index contributed by atoms with van der Waals surface area (Å²) in [5.74, 6) is 0. The number of furan rings is 1. The van der Waals surface area contributed by atoms with E-state index in [2.05, 4.69) is 6.07 Å². The fourth-order valence-electron chi connectivity index (χ4n) is 7.24. The van der Waals surface area contributed by atoms with Crippen molar-refractivity contribution in [2.75, 3.05) is 0 Å². The van der Waals surface area contributed by atoms with Crippen LogP contribution in [0.4, 0.5) is 0 Å². The predicted molar refractivity (Wildman–Crippen MR) is 204 cm³/mol. The van der Waals surface area contributed by atoms with Gasteiger partial charge in [0.15, 0.2) is 0 Å². The molecule has 0 aliphatic heterocycles. The maximum Gasteiger partial charge on any atom is 0.143 e. The second kappa shape index (κ2) is 10.7. The molecule has 0 aliphatic carbocycles. The van der Waals surface area contributed by atoms with Crippen molar-refractivity contribution in [3.05, 3.63) is 181 Å². The highest BCUT2D eigenvalue weighted by molar-refractivity contribution is 6.24. The zero-order valence-corrected chi connectivity index (χ0v) is 25.4. The topological polar surface area (TPSA) is 13.1 Å². The molecule has 0 saturated carbocycles. The van der Waals surface area contributed by atoms with Crippen molar-refractivity contribution in [1.29, 1.82) is 0 Å². The van der Waals surface area contributed by atoms with Gasteiger partial charge < -0.3 is 4.42 Å². The van der Waals surface area contributed by atoms with Crippen LogP contribution in [-0.2, 0) is 6.42 Å². The third-order valence-corrected chi connectivity index (χ3v) is 9.32. The highest BCUT2D eigenvalue weighted by Gasteiger charge is 2.20. The van der Waals surface area contributed by atoms with Crippen molar-refractivity contribution >= 4 is 65.0 Å². The SMILES string of the molecule is [2H]c1c([2H])c([2H])c(-c2ccc3c(ccc4c3oc3cccc(-c5c6ccccc6c(Cc6c([2H])c([2H])c([2H])c7c([2H])c([2H])c([2H])c([2H])c67)c6ccccc56)c34)c2)c([2H])c1[2H]. The van der Waals surface area contributed by atoms with E-state index in [1.807, 2.05) is 84.9 Å². The number of fused-ring (bicyclic) bond motifs is 8. The van der Waals surface area contributed by atoms with Gasteiger partial charge in [0, 0.05) is 16.2 Å². The Bertz CT molecular complexity index is 3460. The van der Waals surface area contributed by atoms with E-state index in [0.29, 0.717) is 16.7 Å². The molecule has 0 aliphatic rings. The van der Waals surface area contributed by atoms with Gasteiger partial charge in [0.25, 0.3) is 0 Å². The zero-order valence-electron chi connectivity index (χ0n) is 37.4. The van der Waals surface area contributed by atoms with Gasteiger partial charge in [-0.15, -0.1) is 0 Å². The first-order valence-corrected chi connectivity index (χ1v) is 15.7. The van der Waals surface area contributed by atoms with Gasteiger partial charge in [-0.3, -0.25) is 0 Å². The quantitative estimate of drug-likeness (QED) is 0.178. The van der Waals surface area contributed by atoms with E-state index in [1.54, 1.807) is 6.07 Å². The average Bonchev–Trinajstić information content (AvgIpc) is 3.66. The highest BCUT2D eigenvalue weighted by atomic mass is 16.3. The Morgan fingerprint density at radius 2 is 1.19 bits per heavy atom. The summed E-state index contributed by atoms with van der Waals surface area (Å²) >= 11 is 0. The second-order valence-electron chi connectivity index (χ2n) is 11.9. The second-order valence-corrected chi connectivity index (χ2v) is 11.9. The maximum atomic E-state index is 9.05. The summed E-state index contributed by atoms with van der Waals surface area (Å²) in [4.78, 5) is 0. The zero-order chi connectivity index (χ0) is 42.0. The van der Waals surface area contributed by atoms with Crippen molar-refractivity contribution in [3.8, 4) is 22.3 Å². The van der Waals surface area contributed by atoms with Crippen molar-refractivity contribution in [2.24, 2.45) is 0 Å². The third-order valence-electron chi connectivity index (χ3n) is 9.32. The van der Waals surface area contributed by atoms with Gasteiger partial charge in [-0.25, -0.2) is 0 Å². The van der Waals surface area contributed by atoms with Crippen LogP contribution in [0.1, 0.15) is 27.6 Å². The first-order chi connectivity index (χ1) is 28.8. The van der Waals surface area contributed by atoms with Crippen molar-refractivity contribution in [1.82, 2.24) is 0 Å². The molecule has 9 aromatic carbocycles. The molecule has 0 spiro atoms. The Morgan fingerprint density at radius 3 is 2.00 bits per heavy atom. The number of hydrogen-bond donors (Lipinski definition) is 0. The minimum absolute atomic E-state index is 0.0701. The van der Waals surface area contributed by atoms with Gasteiger partial charge in [-0.2, -0.15) is 0 Å². The van der Waals surface area contributed by atoms with Crippen LogP contribution in [0.25, 0.3) is 87.3 Å². The largest absolute Gasteiger partial charge is 0.455 e. The average molecular weight is 623 g/mol. The van der Waals surface area contributed by atoms with Crippen LogP contribution in [-0.4, -0.2) is 0 Å². The minimum Gasteiger partial charge on any atom is -0.455 e. The normalized spacial score (nSPS) is 15.3. The molecule has 10 rings (SSSR count). The van der Waals surface area contributed by atoms with Crippen LogP contribution in [0.2, 0.25) is 0 Å². The van der Waals surface area contributed by atoms with Gasteiger partial charge in [0.2, 0.25) is 0 Å². The van der Waals surface area contributed by atoms with Gasteiger partial charge in [-0.1, -0.05) is 145 Å². The van der Waals surface area contributed by atoms with Gasteiger partial charge >= 0.3 is 0 Å². The lowest BCUT2D eigenvalue weighted by atomic mass is 9.84. The van der Waals surface area contributed by atoms with Gasteiger partial charge in [0.1, 0.15) is 11.2 Å². The molecule has 0 atom stereocenters. The molecule has 48 heavy (non-hydrogen) atoms. The van der Waals surface area contributed by atoms with Crippen LogP contribution in [0.3, 0.4) is 0 Å². The summed E-state index contributed by atoms with van der Waals surface area (Å²) in [5, 5.41) is 6.83. The lowest BCUT2D eigenvalue weighted by molar-refractivity contribution is 0.673. The number of hydrogen-bond acceptors (Lipinski definition) is 1. The summed E-state index contributed by atoms with van der Waals surface area (Å²) in [5.41, 5.74) is 4.83. The van der Waals surface area contributed by atoms with E-state index in [0.717, 1.165) is 59.8 Å². The standard InChI is InChI=1S/C47H30O/c1-2-12-30(13-3-1)32-24-26-36-34(28-32)25-27-42-46-41(22-11-23-44(46)48-47(36)42)45-39-20-8-6-18-37(39)43(38-19-7-9-21-40(38)45)29-33-16-10-15-31-14-4-5-17-35(31)33/h1-28H,29H2/i1D,2D,3D,4D,5D,10D,12D,13D,14D,15D,16D,17D. The molecule has 1 aromatic heterocycles. The van der Waals surface area contributed by atoms with Crippen molar-refractivity contribution in [2.45, 2.75) is 6.42 Å². The van der Waals surface area contributed by atoms with E-state index >= 15 is 0 Å². The van der Waals surface area contributed by atoms with Gasteiger partial charge in [0.05, 0.1) is 16.4 Å². The molecule has 0 bridgehead atoms. The van der Waals surface area contributed by atoms with Crippen molar-refractivity contribution < 1.29 is 20.9 Å². The van der Waals surface area contributed by atoms with E-state index in [4.69, 9.17) is 20.9 Å². The molecular weight excluding hydrogens is 581 g/mol. The molecule has 1 nitrogen and oxygen atoms in total. The number of benzene rings is 9. The lowest BCUT2D eigenvalue weighted by Crippen LogP contribution is -1.96. The summed E-state index contributed by atoms with van der Waals surface area (Å²) in [6, 6.07) is 26.6. The van der Waals surface area contributed by atoms with Crippen molar-refractivity contribution in [3.63, 3.8) is 0 Å². The summed E-state index contributed by atoms with van der Waals surface area (Å²) < 4.78 is 109. The Balaban J connectivity index is 1.21. The maximum absolute atomic E-state index is 9.05. The molecule has 0 saturated heterocycles. The van der Waals surface area contributed by atoms with Crippen LogP contribution in [0.15, 0.2) is 174 Å². The summed E-state index contributed by atoms with van der Waals surface area (Å²) in [6.07, 6.45) is 0.0701. The van der Waals surface area contributed by atoms with Crippen LogP contribution < -0.4 is 0 Å². The minimum atomic E-state index is -0.489. The third kappa shape index (κ3) is 4.11. The number of rotatable bonds is 4. The van der Waals surface area contributed by atoms with Gasteiger partial charge in [-0.05, 0) is 102 Å². The Morgan fingerprint density at radius 1 is 0.479 bits per heavy atom. The fourth-order valence-corrected chi connectivity index (χ4v) is 7.24. The molecule has 0 fully saturated rings. The summed E-state index contributed by atoms with van der Waals surface area (Å²) in [7, 11) is 0. The molecule has 0 amide bonds. The molecule has 224 valence electrons. The molecular formula is C47H30O. The lowest BCUT2D eigenvalue weighted by Gasteiger charge is -2.18. The first kappa shape index (κ1) is 17.7. The van der Waals surface area contributed by atoms with E-state index in [-0.39, 0.29) is 52.5 Å². The van der Waals surface area contributed by atoms with E-state index < -0.39 is 48.3 Å². The highest BCUT2D eigenvalue weighted by Crippen LogP contribution is 2.46. The van der Waals surface area contributed by atoms with E-state index in [1.165, 1.54) is 0 Å². The van der Waals surface area contributed by atoms with Crippen LogP contribution in [0, 0.1) is 0 Å². The first-order valence-electron chi connectivity index (χ1n) is 21.7.